The maximum absolute atomic E-state index is 12.9. The Morgan fingerprint density at radius 3 is 1.61 bits per heavy atom. The Bertz CT molecular complexity index is 1280. The Kier molecular flexibility index (Phi) is 14.1. The fourth-order valence-corrected chi connectivity index (χ4v) is 5.84. The van der Waals surface area contributed by atoms with Crippen LogP contribution in [0.5, 0.6) is 17.2 Å². The Balaban J connectivity index is 1.14. The minimum Gasteiger partial charge on any atom is -0.494 e. The number of ether oxygens (including phenoxy) is 3. The average Bonchev–Trinajstić information content (AvgIpc) is 3.32. The first-order chi connectivity index (χ1) is 21.6. The van der Waals surface area contributed by atoms with E-state index in [4.69, 9.17) is 14.2 Å². The first-order valence-corrected chi connectivity index (χ1v) is 17.1. The van der Waals surface area contributed by atoms with Crippen LogP contribution < -0.4 is 14.2 Å². The second-order valence-corrected chi connectivity index (χ2v) is 12.1. The lowest BCUT2D eigenvalue weighted by Crippen LogP contribution is -2.09. The molecule has 0 radical (unpaired) electrons. The number of benzene rings is 3. The van der Waals surface area contributed by atoms with Gasteiger partial charge in [0.05, 0.1) is 18.8 Å². The van der Waals surface area contributed by atoms with Crippen LogP contribution in [0.4, 0.5) is 0 Å². The quantitative estimate of drug-likeness (QED) is 0.0748. The Morgan fingerprint density at radius 2 is 1.02 bits per heavy atom. The number of fused-ring (bicyclic) bond motifs is 3. The number of aliphatic hydroxyl groups excluding tert-OH is 1. The van der Waals surface area contributed by atoms with Crippen molar-refractivity contribution in [3.63, 3.8) is 0 Å². The lowest BCUT2D eigenvalue weighted by atomic mass is 10.0. The molecule has 4 rings (SSSR count). The van der Waals surface area contributed by atoms with E-state index in [2.05, 4.69) is 13.8 Å². The summed E-state index contributed by atoms with van der Waals surface area (Å²) in [6, 6.07) is 18.4. The number of carbonyl (C=O) groups is 1. The van der Waals surface area contributed by atoms with Gasteiger partial charge in [0.15, 0.2) is 0 Å². The molecule has 0 unspecified atom stereocenters. The van der Waals surface area contributed by atoms with Crippen molar-refractivity contribution in [1.29, 1.82) is 0 Å². The lowest BCUT2D eigenvalue weighted by Gasteiger charge is -2.10. The smallest absolute Gasteiger partial charge is 0.343 e. The predicted molar refractivity (Wildman–Crippen MR) is 179 cm³/mol. The number of carbonyl (C=O) groups excluding carboxylic acids is 1. The molecule has 0 aromatic heterocycles. The molecule has 1 N–H and O–H groups in total. The van der Waals surface area contributed by atoms with E-state index < -0.39 is 12.1 Å². The zero-order valence-corrected chi connectivity index (χ0v) is 27.0. The van der Waals surface area contributed by atoms with E-state index in [-0.39, 0.29) is 0 Å². The fraction of sp³-hybridized carbons (Fsp3) is 0.513. The van der Waals surface area contributed by atoms with Crippen LogP contribution in [-0.2, 0) is 0 Å². The minimum absolute atomic E-state index is 0.405. The summed E-state index contributed by atoms with van der Waals surface area (Å²) in [5.41, 5.74) is 3.91. The van der Waals surface area contributed by atoms with Crippen LogP contribution in [-0.4, -0.2) is 24.3 Å². The highest BCUT2D eigenvalue weighted by Crippen LogP contribution is 2.46. The summed E-state index contributed by atoms with van der Waals surface area (Å²) >= 11 is 0. The molecule has 44 heavy (non-hydrogen) atoms. The van der Waals surface area contributed by atoms with E-state index in [0.717, 1.165) is 53.0 Å². The largest absolute Gasteiger partial charge is 0.494 e. The molecule has 0 bridgehead atoms. The zero-order chi connectivity index (χ0) is 31.0. The predicted octanol–water partition coefficient (Wildman–Crippen LogP) is 10.6. The van der Waals surface area contributed by atoms with E-state index in [1.165, 1.54) is 77.0 Å². The van der Waals surface area contributed by atoms with Crippen molar-refractivity contribution in [3.05, 3.63) is 77.4 Å². The number of hydrogen-bond donors (Lipinski definition) is 1. The monoisotopic (exact) mass is 600 g/mol. The Labute approximate surface area is 264 Å². The third-order valence-electron chi connectivity index (χ3n) is 8.51. The maximum atomic E-state index is 12.9. The van der Waals surface area contributed by atoms with Crippen molar-refractivity contribution < 1.29 is 24.1 Å². The summed E-state index contributed by atoms with van der Waals surface area (Å²) < 4.78 is 17.4. The third kappa shape index (κ3) is 10.1. The minimum atomic E-state index is -0.792. The first-order valence-electron chi connectivity index (χ1n) is 17.1. The molecular formula is C39H52O5. The van der Waals surface area contributed by atoms with Gasteiger partial charge in [0.2, 0.25) is 0 Å². The van der Waals surface area contributed by atoms with E-state index in [1.54, 1.807) is 24.3 Å². The van der Waals surface area contributed by atoms with Gasteiger partial charge in [0, 0.05) is 0 Å². The lowest BCUT2D eigenvalue weighted by molar-refractivity contribution is 0.0734. The Morgan fingerprint density at radius 1 is 0.568 bits per heavy atom. The highest BCUT2D eigenvalue weighted by molar-refractivity contribution is 5.91. The van der Waals surface area contributed by atoms with Crippen LogP contribution in [0.2, 0.25) is 0 Å². The van der Waals surface area contributed by atoms with Crippen LogP contribution in [0.25, 0.3) is 11.1 Å². The first kappa shape index (κ1) is 33.6. The van der Waals surface area contributed by atoms with Crippen LogP contribution in [0, 0.1) is 0 Å². The van der Waals surface area contributed by atoms with Crippen molar-refractivity contribution in [3.8, 4) is 28.4 Å². The molecule has 0 saturated carbocycles. The summed E-state index contributed by atoms with van der Waals surface area (Å²) in [6.07, 6.45) is 18.5. The molecule has 0 heterocycles. The SMILES string of the molecule is CCCCCCCCCCCCCCCOc1ccc(C(=O)Oc2ccc3c(c2)[C@H](O)c2cc(OCCCC)ccc2-3)cc1. The second-order valence-electron chi connectivity index (χ2n) is 12.1. The van der Waals surface area contributed by atoms with Crippen LogP contribution in [0.3, 0.4) is 0 Å². The van der Waals surface area contributed by atoms with Crippen molar-refractivity contribution in [2.75, 3.05) is 13.2 Å². The van der Waals surface area contributed by atoms with Crippen molar-refractivity contribution >= 4 is 5.97 Å². The highest BCUT2D eigenvalue weighted by atomic mass is 16.5. The highest BCUT2D eigenvalue weighted by Gasteiger charge is 2.28. The molecular weight excluding hydrogens is 548 g/mol. The van der Waals surface area contributed by atoms with Gasteiger partial charge in [-0.25, -0.2) is 4.79 Å². The molecule has 1 aliphatic rings. The number of aliphatic hydroxyl groups is 1. The van der Waals surface area contributed by atoms with Gasteiger partial charge in [-0.3, -0.25) is 0 Å². The van der Waals surface area contributed by atoms with Gasteiger partial charge in [-0.05, 0) is 83.6 Å². The maximum Gasteiger partial charge on any atom is 0.343 e. The standard InChI is InChI=1S/C39H52O5/c1-3-5-7-8-9-10-11-12-13-14-15-16-17-27-42-31-20-18-30(19-21-31)39(41)44-33-23-25-35-34-24-22-32(43-26-6-4-2)28-36(34)38(40)37(35)29-33/h18-25,28-29,38,40H,3-17,26-27H2,1-2H3/t38-/m1/s1. The van der Waals surface area contributed by atoms with Gasteiger partial charge < -0.3 is 19.3 Å². The number of unbranched alkanes of at least 4 members (excludes halogenated alkanes) is 13. The summed E-state index contributed by atoms with van der Waals surface area (Å²) in [5, 5.41) is 11.0. The summed E-state index contributed by atoms with van der Waals surface area (Å²) in [4.78, 5) is 12.9. The van der Waals surface area contributed by atoms with Crippen molar-refractivity contribution in [1.82, 2.24) is 0 Å². The van der Waals surface area contributed by atoms with Crippen molar-refractivity contribution in [2.24, 2.45) is 0 Å². The van der Waals surface area contributed by atoms with Gasteiger partial charge in [0.1, 0.15) is 23.4 Å². The molecule has 5 heteroatoms. The third-order valence-corrected chi connectivity index (χ3v) is 8.51. The molecule has 0 spiro atoms. The van der Waals surface area contributed by atoms with E-state index in [0.29, 0.717) is 24.5 Å². The number of hydrogen-bond acceptors (Lipinski definition) is 5. The molecule has 1 aliphatic carbocycles. The molecule has 3 aromatic carbocycles. The number of rotatable bonds is 21. The van der Waals surface area contributed by atoms with Crippen LogP contribution in [0.1, 0.15) is 138 Å². The topological polar surface area (TPSA) is 65.0 Å². The van der Waals surface area contributed by atoms with Gasteiger partial charge >= 0.3 is 5.97 Å². The summed E-state index contributed by atoms with van der Waals surface area (Å²) in [7, 11) is 0. The van der Waals surface area contributed by atoms with E-state index in [1.807, 2.05) is 36.4 Å². The normalized spacial score (nSPS) is 13.4. The van der Waals surface area contributed by atoms with Gasteiger partial charge in [-0.2, -0.15) is 0 Å². The second kappa shape index (κ2) is 18.5. The van der Waals surface area contributed by atoms with Gasteiger partial charge in [-0.15, -0.1) is 0 Å². The summed E-state index contributed by atoms with van der Waals surface area (Å²) in [6.45, 7) is 5.75. The molecule has 238 valence electrons. The fourth-order valence-electron chi connectivity index (χ4n) is 5.84. The molecule has 0 fully saturated rings. The summed E-state index contributed by atoms with van der Waals surface area (Å²) in [5.74, 6) is 1.48. The van der Waals surface area contributed by atoms with Gasteiger partial charge in [0.25, 0.3) is 0 Å². The molecule has 5 nitrogen and oxygen atoms in total. The van der Waals surface area contributed by atoms with Gasteiger partial charge in [-0.1, -0.05) is 109 Å². The molecule has 0 aliphatic heterocycles. The molecule has 0 amide bonds. The number of esters is 1. The molecule has 1 atom stereocenters. The average molecular weight is 601 g/mol. The van der Waals surface area contributed by atoms with E-state index >= 15 is 0 Å². The zero-order valence-electron chi connectivity index (χ0n) is 27.0. The van der Waals surface area contributed by atoms with E-state index in [9.17, 15) is 9.90 Å². The molecule has 3 aromatic rings. The Hall–Kier alpha value is -3.31. The molecule has 0 saturated heterocycles. The van der Waals surface area contributed by atoms with Crippen molar-refractivity contribution in [2.45, 2.75) is 116 Å². The van der Waals surface area contributed by atoms with Crippen LogP contribution >= 0.6 is 0 Å². The van der Waals surface area contributed by atoms with Crippen LogP contribution in [0.15, 0.2) is 60.7 Å².